The lowest BCUT2D eigenvalue weighted by molar-refractivity contribution is 0.0546. The minimum atomic E-state index is -0.544. The maximum Gasteiger partial charge on any atom is 0.342 e. The number of ether oxygens (including phenoxy) is 1. The molecule has 0 atom stereocenters. The van der Waals surface area contributed by atoms with Gasteiger partial charge in [-0.2, -0.15) is 0 Å². The standard InChI is InChI=1S/C10H10O3/c1-2-7-13-10(12)8-5-3-4-6-9(8)11/h2-6,11H,1,7H2. The SMILES string of the molecule is C=CCOC(=O)c1ccccc1O. The molecular formula is C10H10O3. The first-order valence-electron chi connectivity index (χ1n) is 3.81. The zero-order chi connectivity index (χ0) is 9.68. The highest BCUT2D eigenvalue weighted by atomic mass is 16.5. The Morgan fingerprint density at radius 1 is 1.54 bits per heavy atom. The highest BCUT2D eigenvalue weighted by Gasteiger charge is 2.09. The molecule has 1 aromatic rings. The second-order valence-electron chi connectivity index (χ2n) is 2.40. The molecule has 0 aliphatic carbocycles. The van der Waals surface area contributed by atoms with E-state index in [0.717, 1.165) is 0 Å². The summed E-state index contributed by atoms with van der Waals surface area (Å²) in [6.07, 6.45) is 1.47. The molecule has 0 saturated carbocycles. The maximum atomic E-state index is 11.2. The molecule has 0 saturated heterocycles. The van der Waals surface area contributed by atoms with Gasteiger partial charge in [-0.1, -0.05) is 24.8 Å². The van der Waals surface area contributed by atoms with Gasteiger partial charge in [0, 0.05) is 0 Å². The average molecular weight is 178 g/mol. The van der Waals surface area contributed by atoms with E-state index in [1.165, 1.54) is 18.2 Å². The van der Waals surface area contributed by atoms with E-state index in [2.05, 4.69) is 6.58 Å². The second-order valence-corrected chi connectivity index (χ2v) is 2.40. The molecule has 0 spiro atoms. The number of hydrogen-bond donors (Lipinski definition) is 1. The van der Waals surface area contributed by atoms with Crippen LogP contribution in [0.2, 0.25) is 0 Å². The van der Waals surface area contributed by atoms with Gasteiger partial charge in [-0.3, -0.25) is 0 Å². The topological polar surface area (TPSA) is 46.5 Å². The highest BCUT2D eigenvalue weighted by Crippen LogP contribution is 2.16. The van der Waals surface area contributed by atoms with E-state index in [9.17, 15) is 9.90 Å². The Bertz CT molecular complexity index is 318. The van der Waals surface area contributed by atoms with E-state index >= 15 is 0 Å². The number of phenolic OH excluding ortho intramolecular Hbond substituents is 1. The van der Waals surface area contributed by atoms with Crippen LogP contribution in [-0.4, -0.2) is 17.7 Å². The number of esters is 1. The summed E-state index contributed by atoms with van der Waals surface area (Å²) in [6, 6.07) is 6.23. The van der Waals surface area contributed by atoms with Crippen molar-refractivity contribution in [3.63, 3.8) is 0 Å². The van der Waals surface area contributed by atoms with E-state index in [1.807, 2.05) is 0 Å². The molecule has 0 aromatic heterocycles. The fourth-order valence-electron chi connectivity index (χ4n) is 0.859. The Labute approximate surface area is 76.3 Å². The summed E-state index contributed by atoms with van der Waals surface area (Å²) in [4.78, 5) is 11.2. The third-order valence-electron chi connectivity index (χ3n) is 1.46. The van der Waals surface area contributed by atoms with E-state index in [4.69, 9.17) is 4.74 Å². The Morgan fingerprint density at radius 3 is 2.85 bits per heavy atom. The van der Waals surface area contributed by atoms with Crippen molar-refractivity contribution in [2.45, 2.75) is 0 Å². The van der Waals surface area contributed by atoms with Gasteiger partial charge in [0.1, 0.15) is 17.9 Å². The first-order chi connectivity index (χ1) is 6.25. The summed E-state index contributed by atoms with van der Waals surface area (Å²) in [6.45, 7) is 3.56. The first kappa shape index (κ1) is 9.32. The highest BCUT2D eigenvalue weighted by molar-refractivity contribution is 5.92. The third kappa shape index (κ3) is 2.33. The largest absolute Gasteiger partial charge is 0.507 e. The van der Waals surface area contributed by atoms with Gasteiger partial charge in [-0.25, -0.2) is 4.79 Å². The van der Waals surface area contributed by atoms with Crippen LogP contribution in [0.15, 0.2) is 36.9 Å². The van der Waals surface area contributed by atoms with Crippen molar-refractivity contribution in [3.8, 4) is 5.75 Å². The predicted octanol–water partition coefficient (Wildman–Crippen LogP) is 1.73. The van der Waals surface area contributed by atoms with Crippen molar-refractivity contribution >= 4 is 5.97 Å². The number of rotatable bonds is 3. The lowest BCUT2D eigenvalue weighted by Crippen LogP contribution is -2.04. The smallest absolute Gasteiger partial charge is 0.342 e. The minimum Gasteiger partial charge on any atom is -0.507 e. The van der Waals surface area contributed by atoms with Crippen molar-refractivity contribution < 1.29 is 14.6 Å². The van der Waals surface area contributed by atoms with Gasteiger partial charge in [-0.05, 0) is 12.1 Å². The number of carbonyl (C=O) groups is 1. The van der Waals surface area contributed by atoms with Gasteiger partial charge >= 0.3 is 5.97 Å². The normalized spacial score (nSPS) is 9.23. The van der Waals surface area contributed by atoms with Gasteiger partial charge in [0.25, 0.3) is 0 Å². The lowest BCUT2D eigenvalue weighted by atomic mass is 10.2. The third-order valence-corrected chi connectivity index (χ3v) is 1.46. The molecule has 0 aliphatic rings. The van der Waals surface area contributed by atoms with E-state index in [-0.39, 0.29) is 17.9 Å². The van der Waals surface area contributed by atoms with Gasteiger partial charge in [0.15, 0.2) is 0 Å². The van der Waals surface area contributed by atoms with Crippen molar-refractivity contribution in [1.29, 1.82) is 0 Å². The molecule has 3 heteroatoms. The number of carbonyl (C=O) groups excluding carboxylic acids is 1. The molecule has 13 heavy (non-hydrogen) atoms. The van der Waals surface area contributed by atoms with E-state index < -0.39 is 5.97 Å². The Balaban J connectivity index is 2.76. The van der Waals surface area contributed by atoms with Crippen molar-refractivity contribution in [2.75, 3.05) is 6.61 Å². The van der Waals surface area contributed by atoms with Crippen molar-refractivity contribution in [2.24, 2.45) is 0 Å². The van der Waals surface area contributed by atoms with Crippen LogP contribution in [-0.2, 0) is 4.74 Å². The summed E-state index contributed by atoms with van der Waals surface area (Å²) in [5.41, 5.74) is 0.171. The van der Waals surface area contributed by atoms with Gasteiger partial charge in [0.2, 0.25) is 0 Å². The molecule has 0 bridgehead atoms. The van der Waals surface area contributed by atoms with Crippen molar-refractivity contribution in [1.82, 2.24) is 0 Å². The molecular weight excluding hydrogens is 168 g/mol. The summed E-state index contributed by atoms with van der Waals surface area (Å²) in [5.74, 6) is -0.616. The Morgan fingerprint density at radius 2 is 2.23 bits per heavy atom. The zero-order valence-electron chi connectivity index (χ0n) is 7.06. The summed E-state index contributed by atoms with van der Waals surface area (Å²) >= 11 is 0. The summed E-state index contributed by atoms with van der Waals surface area (Å²) in [7, 11) is 0. The number of para-hydroxylation sites is 1. The molecule has 0 fully saturated rings. The number of benzene rings is 1. The fraction of sp³-hybridized carbons (Fsp3) is 0.100. The van der Waals surface area contributed by atoms with E-state index in [1.54, 1.807) is 12.1 Å². The van der Waals surface area contributed by atoms with Crippen LogP contribution in [0.3, 0.4) is 0 Å². The average Bonchev–Trinajstić information content (AvgIpc) is 2.15. The van der Waals surface area contributed by atoms with Crippen LogP contribution in [0.5, 0.6) is 5.75 Å². The molecule has 1 aromatic carbocycles. The monoisotopic (exact) mass is 178 g/mol. The van der Waals surface area contributed by atoms with Crippen LogP contribution >= 0.6 is 0 Å². The maximum absolute atomic E-state index is 11.2. The molecule has 1 rings (SSSR count). The number of hydrogen-bond acceptors (Lipinski definition) is 3. The Hall–Kier alpha value is -1.77. The van der Waals surface area contributed by atoms with Gasteiger partial charge in [-0.15, -0.1) is 0 Å². The summed E-state index contributed by atoms with van der Waals surface area (Å²) < 4.78 is 4.74. The second kappa shape index (κ2) is 4.30. The Kier molecular flexibility index (Phi) is 3.09. The predicted molar refractivity (Wildman–Crippen MR) is 48.6 cm³/mol. The van der Waals surface area contributed by atoms with Crippen LogP contribution < -0.4 is 0 Å². The fourth-order valence-corrected chi connectivity index (χ4v) is 0.859. The summed E-state index contributed by atoms with van der Waals surface area (Å²) in [5, 5.41) is 9.25. The zero-order valence-corrected chi connectivity index (χ0v) is 7.06. The first-order valence-corrected chi connectivity index (χ1v) is 3.81. The van der Waals surface area contributed by atoms with Crippen LogP contribution in [0.1, 0.15) is 10.4 Å². The van der Waals surface area contributed by atoms with Crippen LogP contribution in [0, 0.1) is 0 Å². The molecule has 3 nitrogen and oxygen atoms in total. The molecule has 0 unspecified atom stereocenters. The number of aromatic hydroxyl groups is 1. The lowest BCUT2D eigenvalue weighted by Gasteiger charge is -2.02. The molecule has 1 N–H and O–H groups in total. The molecule has 0 radical (unpaired) electrons. The van der Waals surface area contributed by atoms with Crippen LogP contribution in [0.4, 0.5) is 0 Å². The molecule has 0 aliphatic heterocycles. The number of phenols is 1. The van der Waals surface area contributed by atoms with Gasteiger partial charge in [0.05, 0.1) is 0 Å². The molecule has 68 valence electrons. The molecule has 0 amide bonds. The quantitative estimate of drug-likeness (QED) is 0.566. The molecule has 0 heterocycles. The van der Waals surface area contributed by atoms with Crippen LogP contribution in [0.25, 0.3) is 0 Å². The van der Waals surface area contributed by atoms with Gasteiger partial charge < -0.3 is 9.84 Å². The van der Waals surface area contributed by atoms with Crippen molar-refractivity contribution in [3.05, 3.63) is 42.5 Å². The van der Waals surface area contributed by atoms with E-state index in [0.29, 0.717) is 0 Å². The minimum absolute atomic E-state index is 0.0726.